The van der Waals surface area contributed by atoms with Crippen LogP contribution in [0.2, 0.25) is 0 Å². The van der Waals surface area contributed by atoms with Crippen molar-refractivity contribution in [2.75, 3.05) is 0 Å². The lowest BCUT2D eigenvalue weighted by atomic mass is 10.1. The molecule has 0 atom stereocenters. The van der Waals surface area contributed by atoms with Gasteiger partial charge in [0, 0.05) is 13.2 Å². The molecule has 0 aliphatic heterocycles. The van der Waals surface area contributed by atoms with E-state index in [0.717, 1.165) is 17.1 Å². The maximum absolute atomic E-state index is 12.1. The largest absolute Gasteiger partial charge is 0.457 e. The summed E-state index contributed by atoms with van der Waals surface area (Å²) in [6.45, 7) is 1.85. The number of nitrogens with zero attached hydrogens (tertiary/aromatic N) is 2. The highest BCUT2D eigenvalue weighted by Crippen LogP contribution is 2.21. The SMILES string of the molecule is C/C(=N\NC(=O)c1cccn1C)c1ccc(Oc2ccccc2)cc1. The summed E-state index contributed by atoms with van der Waals surface area (Å²) in [6, 6.07) is 20.7. The fourth-order valence-electron chi connectivity index (χ4n) is 2.34. The number of hydrogen-bond acceptors (Lipinski definition) is 3. The second-order valence-electron chi connectivity index (χ2n) is 5.58. The molecule has 3 rings (SSSR count). The van der Waals surface area contributed by atoms with E-state index in [2.05, 4.69) is 10.5 Å². The molecule has 0 aliphatic rings. The van der Waals surface area contributed by atoms with Crippen LogP contribution in [0.3, 0.4) is 0 Å². The van der Waals surface area contributed by atoms with Crippen molar-refractivity contribution in [2.24, 2.45) is 12.1 Å². The van der Waals surface area contributed by atoms with E-state index in [1.54, 1.807) is 10.6 Å². The molecular weight excluding hydrogens is 314 g/mol. The van der Waals surface area contributed by atoms with Crippen molar-refractivity contribution >= 4 is 11.6 Å². The Morgan fingerprint density at radius 2 is 1.64 bits per heavy atom. The van der Waals surface area contributed by atoms with E-state index in [-0.39, 0.29) is 5.91 Å². The predicted molar refractivity (Wildman–Crippen MR) is 98.0 cm³/mol. The Hall–Kier alpha value is -3.34. The Bertz CT molecular complexity index is 881. The first kappa shape index (κ1) is 16.5. The molecule has 5 heteroatoms. The summed E-state index contributed by atoms with van der Waals surface area (Å²) >= 11 is 0. The third-order valence-electron chi connectivity index (χ3n) is 3.75. The van der Waals surface area contributed by atoms with Crippen molar-refractivity contribution in [3.63, 3.8) is 0 Å². The zero-order valence-electron chi connectivity index (χ0n) is 14.1. The molecule has 1 N–H and O–H groups in total. The first-order valence-electron chi connectivity index (χ1n) is 7.93. The zero-order chi connectivity index (χ0) is 17.6. The van der Waals surface area contributed by atoms with Crippen LogP contribution in [0.25, 0.3) is 0 Å². The Morgan fingerprint density at radius 1 is 0.960 bits per heavy atom. The van der Waals surface area contributed by atoms with Gasteiger partial charge in [0.15, 0.2) is 0 Å². The molecule has 0 aliphatic carbocycles. The molecule has 0 fully saturated rings. The highest BCUT2D eigenvalue weighted by Gasteiger charge is 2.08. The van der Waals surface area contributed by atoms with Crippen LogP contribution in [0.4, 0.5) is 0 Å². The maximum atomic E-state index is 12.1. The van der Waals surface area contributed by atoms with Crippen LogP contribution < -0.4 is 10.2 Å². The van der Waals surface area contributed by atoms with Gasteiger partial charge in [0.1, 0.15) is 17.2 Å². The number of aromatic nitrogens is 1. The molecule has 0 radical (unpaired) electrons. The molecule has 1 amide bonds. The maximum Gasteiger partial charge on any atom is 0.287 e. The number of ether oxygens (including phenoxy) is 1. The van der Waals surface area contributed by atoms with Crippen LogP contribution in [-0.4, -0.2) is 16.2 Å². The van der Waals surface area contributed by atoms with Crippen molar-refractivity contribution in [1.29, 1.82) is 0 Å². The number of hydrazone groups is 1. The number of benzene rings is 2. The van der Waals surface area contributed by atoms with Gasteiger partial charge >= 0.3 is 0 Å². The summed E-state index contributed by atoms with van der Waals surface area (Å²) in [5.74, 6) is 1.29. The molecule has 0 saturated carbocycles. The van der Waals surface area contributed by atoms with E-state index < -0.39 is 0 Å². The second-order valence-corrected chi connectivity index (χ2v) is 5.58. The monoisotopic (exact) mass is 333 g/mol. The van der Waals surface area contributed by atoms with Crippen LogP contribution in [0.1, 0.15) is 23.0 Å². The summed E-state index contributed by atoms with van der Waals surface area (Å²) in [6.07, 6.45) is 1.82. The zero-order valence-corrected chi connectivity index (χ0v) is 14.1. The lowest BCUT2D eigenvalue weighted by Gasteiger charge is -2.07. The van der Waals surface area contributed by atoms with E-state index in [1.807, 2.05) is 80.8 Å². The van der Waals surface area contributed by atoms with E-state index in [9.17, 15) is 4.79 Å². The van der Waals surface area contributed by atoms with E-state index in [1.165, 1.54) is 0 Å². The molecule has 1 aromatic heterocycles. The summed E-state index contributed by atoms with van der Waals surface area (Å²) in [5.41, 5.74) is 4.76. The van der Waals surface area contributed by atoms with Crippen molar-refractivity contribution in [2.45, 2.75) is 6.92 Å². The summed E-state index contributed by atoms with van der Waals surface area (Å²) in [5, 5.41) is 4.17. The Labute approximate surface area is 146 Å². The topological polar surface area (TPSA) is 55.6 Å². The van der Waals surface area contributed by atoms with Gasteiger partial charge in [-0.3, -0.25) is 4.79 Å². The highest BCUT2D eigenvalue weighted by atomic mass is 16.5. The van der Waals surface area contributed by atoms with Crippen molar-refractivity contribution in [3.05, 3.63) is 84.2 Å². The minimum atomic E-state index is -0.240. The number of amides is 1. The fraction of sp³-hybridized carbons (Fsp3) is 0.100. The molecule has 126 valence electrons. The third kappa shape index (κ3) is 4.14. The lowest BCUT2D eigenvalue weighted by Crippen LogP contribution is -2.21. The number of nitrogens with one attached hydrogen (secondary N) is 1. The average molecular weight is 333 g/mol. The number of aryl methyl sites for hydroxylation is 1. The van der Waals surface area contributed by atoms with Crippen LogP contribution in [0.5, 0.6) is 11.5 Å². The molecule has 0 saturated heterocycles. The quantitative estimate of drug-likeness (QED) is 0.567. The third-order valence-corrected chi connectivity index (χ3v) is 3.75. The van der Waals surface area contributed by atoms with Gasteiger partial charge in [0.05, 0.1) is 5.71 Å². The molecule has 0 unspecified atom stereocenters. The average Bonchev–Trinajstić information content (AvgIpc) is 3.07. The Morgan fingerprint density at radius 3 is 2.28 bits per heavy atom. The molecule has 0 bridgehead atoms. The van der Waals surface area contributed by atoms with Crippen molar-refractivity contribution in [1.82, 2.24) is 9.99 Å². The van der Waals surface area contributed by atoms with Gasteiger partial charge in [0.25, 0.3) is 5.91 Å². The molecule has 25 heavy (non-hydrogen) atoms. The smallest absolute Gasteiger partial charge is 0.287 e. The molecule has 1 heterocycles. The highest BCUT2D eigenvalue weighted by molar-refractivity contribution is 6.00. The number of rotatable bonds is 5. The van der Waals surface area contributed by atoms with Gasteiger partial charge in [-0.2, -0.15) is 5.10 Å². The molecule has 5 nitrogen and oxygen atoms in total. The van der Waals surface area contributed by atoms with Crippen LogP contribution in [-0.2, 0) is 7.05 Å². The summed E-state index contributed by atoms with van der Waals surface area (Å²) < 4.78 is 7.51. The fourth-order valence-corrected chi connectivity index (χ4v) is 2.34. The number of carbonyl (C=O) groups excluding carboxylic acids is 1. The van der Waals surface area contributed by atoms with E-state index in [4.69, 9.17) is 4.74 Å². The standard InChI is InChI=1S/C20H19N3O2/c1-15(21-22-20(24)19-9-6-14-23(19)2)16-10-12-18(13-11-16)25-17-7-4-3-5-8-17/h3-14H,1-2H3,(H,22,24)/b21-15+. The normalized spacial score (nSPS) is 11.2. The second kappa shape index (κ2) is 7.49. The summed E-state index contributed by atoms with van der Waals surface area (Å²) in [4.78, 5) is 12.1. The van der Waals surface area contributed by atoms with Gasteiger partial charge in [-0.15, -0.1) is 0 Å². The number of hydrogen-bond donors (Lipinski definition) is 1. The Kier molecular flexibility index (Phi) is 4.95. The first-order valence-corrected chi connectivity index (χ1v) is 7.93. The van der Waals surface area contributed by atoms with Crippen LogP contribution >= 0.6 is 0 Å². The van der Waals surface area contributed by atoms with E-state index >= 15 is 0 Å². The first-order chi connectivity index (χ1) is 12.1. The molecular formula is C20H19N3O2. The minimum absolute atomic E-state index is 0.240. The van der Waals surface area contributed by atoms with Gasteiger partial charge in [-0.25, -0.2) is 5.43 Å². The minimum Gasteiger partial charge on any atom is -0.457 e. The number of carbonyl (C=O) groups is 1. The molecule has 3 aromatic rings. The van der Waals surface area contributed by atoms with Gasteiger partial charge in [0.2, 0.25) is 0 Å². The number of para-hydroxylation sites is 1. The van der Waals surface area contributed by atoms with Crippen molar-refractivity contribution in [3.8, 4) is 11.5 Å². The van der Waals surface area contributed by atoms with Gasteiger partial charge < -0.3 is 9.30 Å². The van der Waals surface area contributed by atoms with Gasteiger partial charge in [-0.1, -0.05) is 18.2 Å². The van der Waals surface area contributed by atoms with E-state index in [0.29, 0.717) is 11.4 Å². The predicted octanol–water partition coefficient (Wildman–Crippen LogP) is 3.97. The van der Waals surface area contributed by atoms with Crippen molar-refractivity contribution < 1.29 is 9.53 Å². The van der Waals surface area contributed by atoms with Gasteiger partial charge in [-0.05, 0) is 61.0 Å². The summed E-state index contributed by atoms with van der Waals surface area (Å²) in [7, 11) is 1.82. The molecule has 0 spiro atoms. The lowest BCUT2D eigenvalue weighted by molar-refractivity contribution is 0.0947. The van der Waals surface area contributed by atoms with Crippen LogP contribution in [0.15, 0.2) is 78.0 Å². The molecule has 2 aromatic carbocycles. The Balaban J connectivity index is 1.65. The van der Waals surface area contributed by atoms with Crippen LogP contribution in [0, 0.1) is 0 Å².